The van der Waals surface area contributed by atoms with Crippen LogP contribution in [-0.4, -0.2) is 19.6 Å². The number of halogens is 1. The largest absolute Gasteiger partial charge is 0.469 e. The summed E-state index contributed by atoms with van der Waals surface area (Å²) in [4.78, 5) is 10.1. The minimum Gasteiger partial charge on any atom is -0.469 e. The van der Waals surface area contributed by atoms with Crippen molar-refractivity contribution >= 4 is 21.9 Å². The van der Waals surface area contributed by atoms with Crippen LogP contribution in [0.25, 0.3) is 0 Å². The molecule has 1 aromatic carbocycles. The van der Waals surface area contributed by atoms with Crippen LogP contribution in [0.15, 0.2) is 28.7 Å². The molecule has 0 saturated carbocycles. The maximum absolute atomic E-state index is 10.1. The van der Waals surface area contributed by atoms with Crippen molar-refractivity contribution in [3.8, 4) is 0 Å². The highest BCUT2D eigenvalue weighted by Gasteiger charge is 2.12. The molecule has 0 amide bonds. The van der Waals surface area contributed by atoms with Gasteiger partial charge in [0.05, 0.1) is 13.5 Å². The summed E-state index contributed by atoms with van der Waals surface area (Å²) >= 11 is 3.45. The van der Waals surface area contributed by atoms with E-state index in [1.54, 1.807) is 0 Å². The lowest BCUT2D eigenvalue weighted by Crippen LogP contribution is -2.10. The molecule has 102 valence electrons. The van der Waals surface area contributed by atoms with E-state index in [9.17, 15) is 4.79 Å². The molecule has 4 heteroatoms. The Labute approximate surface area is 118 Å². The van der Waals surface area contributed by atoms with Crippen LogP contribution in [-0.2, 0) is 14.9 Å². The van der Waals surface area contributed by atoms with Crippen LogP contribution in [0.3, 0.4) is 0 Å². The van der Waals surface area contributed by atoms with Gasteiger partial charge in [-0.15, -0.1) is 0 Å². The second-order valence-corrected chi connectivity index (χ2v) is 5.79. The van der Waals surface area contributed by atoms with Crippen LogP contribution < -0.4 is 5.73 Å². The third-order valence-electron chi connectivity index (χ3n) is 2.27. The summed E-state index contributed by atoms with van der Waals surface area (Å²) in [6, 6.07) is 8.45. The average molecular weight is 316 g/mol. The molecule has 0 bridgehead atoms. The summed E-state index contributed by atoms with van der Waals surface area (Å²) in [6.45, 7) is 7.02. The number of carbonyl (C=O) groups is 1. The molecule has 0 aliphatic carbocycles. The Balaban J connectivity index is 0.000000360. The van der Waals surface area contributed by atoms with Gasteiger partial charge in [-0.05, 0) is 23.1 Å². The Morgan fingerprint density at radius 3 is 2.28 bits per heavy atom. The molecule has 0 heterocycles. The number of ether oxygens (including phenoxy) is 1. The Morgan fingerprint density at radius 2 is 2.00 bits per heavy atom. The van der Waals surface area contributed by atoms with E-state index in [1.165, 1.54) is 12.7 Å². The topological polar surface area (TPSA) is 52.3 Å². The predicted octanol–water partition coefficient (Wildman–Crippen LogP) is 3.25. The van der Waals surface area contributed by atoms with Crippen molar-refractivity contribution in [1.82, 2.24) is 0 Å². The Hall–Kier alpha value is -0.870. The Morgan fingerprint density at radius 1 is 1.39 bits per heavy atom. The summed E-state index contributed by atoms with van der Waals surface area (Å²) < 4.78 is 5.43. The van der Waals surface area contributed by atoms with E-state index < -0.39 is 0 Å². The van der Waals surface area contributed by atoms with E-state index in [-0.39, 0.29) is 11.4 Å². The summed E-state index contributed by atoms with van der Waals surface area (Å²) in [5.41, 5.74) is 6.63. The lowest BCUT2D eigenvalue weighted by atomic mass is 9.87. The first-order valence-corrected chi connectivity index (χ1v) is 6.63. The Bertz CT molecular complexity index is 372. The van der Waals surface area contributed by atoms with Gasteiger partial charge in [0.15, 0.2) is 0 Å². The van der Waals surface area contributed by atoms with Crippen LogP contribution in [0.1, 0.15) is 32.8 Å². The molecule has 0 aromatic heterocycles. The highest BCUT2D eigenvalue weighted by molar-refractivity contribution is 9.10. The highest BCUT2D eigenvalue weighted by Crippen LogP contribution is 2.24. The fourth-order valence-electron chi connectivity index (χ4n) is 1.17. The SMILES string of the molecule is CC(C)(C)c1cccc(Br)c1.COC(=O)CCN. The molecular formula is C14H22BrNO2. The van der Waals surface area contributed by atoms with Crippen molar-refractivity contribution < 1.29 is 9.53 Å². The predicted molar refractivity (Wildman–Crippen MR) is 78.5 cm³/mol. The number of esters is 1. The lowest BCUT2D eigenvalue weighted by molar-refractivity contribution is -0.140. The van der Waals surface area contributed by atoms with E-state index in [0.29, 0.717) is 13.0 Å². The van der Waals surface area contributed by atoms with Crippen molar-refractivity contribution in [1.29, 1.82) is 0 Å². The highest BCUT2D eigenvalue weighted by atomic mass is 79.9. The van der Waals surface area contributed by atoms with Gasteiger partial charge in [-0.1, -0.05) is 48.8 Å². The standard InChI is InChI=1S/C10H13Br.C4H9NO2/c1-10(2,3)8-5-4-6-9(11)7-8;1-7-4(6)2-3-5/h4-7H,1-3H3;2-3,5H2,1H3. The summed E-state index contributed by atoms with van der Waals surface area (Å²) in [5.74, 6) is -0.248. The van der Waals surface area contributed by atoms with Gasteiger partial charge in [0.2, 0.25) is 0 Å². The number of methoxy groups -OCH3 is 1. The Kier molecular flexibility index (Phi) is 7.87. The number of rotatable bonds is 2. The van der Waals surface area contributed by atoms with E-state index >= 15 is 0 Å². The van der Waals surface area contributed by atoms with Crippen molar-refractivity contribution in [2.45, 2.75) is 32.6 Å². The molecule has 18 heavy (non-hydrogen) atoms. The number of hydrogen-bond acceptors (Lipinski definition) is 3. The minimum atomic E-state index is -0.248. The third-order valence-corrected chi connectivity index (χ3v) is 2.76. The van der Waals surface area contributed by atoms with E-state index in [2.05, 4.69) is 65.7 Å². The zero-order chi connectivity index (χ0) is 14.2. The minimum absolute atomic E-state index is 0.248. The number of carbonyl (C=O) groups excluding carboxylic acids is 1. The molecule has 1 aromatic rings. The molecule has 2 N–H and O–H groups in total. The zero-order valence-corrected chi connectivity index (χ0v) is 13.1. The van der Waals surface area contributed by atoms with E-state index in [0.717, 1.165) is 4.47 Å². The monoisotopic (exact) mass is 315 g/mol. The van der Waals surface area contributed by atoms with Crippen LogP contribution >= 0.6 is 15.9 Å². The van der Waals surface area contributed by atoms with E-state index in [1.807, 2.05) is 0 Å². The second kappa shape index (κ2) is 8.27. The normalized spacial score (nSPS) is 10.3. The molecule has 0 radical (unpaired) electrons. The van der Waals surface area contributed by atoms with Gasteiger partial charge in [-0.2, -0.15) is 0 Å². The molecule has 3 nitrogen and oxygen atoms in total. The maximum atomic E-state index is 10.1. The van der Waals surface area contributed by atoms with Gasteiger partial charge in [0.1, 0.15) is 0 Å². The molecule has 0 unspecified atom stereocenters. The summed E-state index contributed by atoms with van der Waals surface area (Å²) in [7, 11) is 1.35. The van der Waals surface area contributed by atoms with Gasteiger partial charge >= 0.3 is 5.97 Å². The fraction of sp³-hybridized carbons (Fsp3) is 0.500. The quantitative estimate of drug-likeness (QED) is 0.852. The summed E-state index contributed by atoms with van der Waals surface area (Å²) in [5, 5.41) is 0. The molecule has 0 aliphatic heterocycles. The van der Waals surface area contributed by atoms with Crippen molar-refractivity contribution in [2.24, 2.45) is 5.73 Å². The first-order valence-electron chi connectivity index (χ1n) is 5.84. The van der Waals surface area contributed by atoms with Crippen LogP contribution in [0.4, 0.5) is 0 Å². The summed E-state index contributed by atoms with van der Waals surface area (Å²) in [6.07, 6.45) is 0.316. The molecule has 0 spiro atoms. The third kappa shape index (κ3) is 7.45. The van der Waals surface area contributed by atoms with Gasteiger partial charge < -0.3 is 10.5 Å². The van der Waals surface area contributed by atoms with Crippen LogP contribution in [0.5, 0.6) is 0 Å². The maximum Gasteiger partial charge on any atom is 0.306 e. The van der Waals surface area contributed by atoms with Crippen LogP contribution in [0, 0.1) is 0 Å². The number of benzene rings is 1. The van der Waals surface area contributed by atoms with Gasteiger partial charge in [-0.3, -0.25) is 4.79 Å². The molecule has 0 fully saturated rings. The molecular weight excluding hydrogens is 294 g/mol. The fourth-order valence-corrected chi connectivity index (χ4v) is 1.57. The average Bonchev–Trinajstić information content (AvgIpc) is 2.29. The van der Waals surface area contributed by atoms with Gasteiger partial charge in [-0.25, -0.2) is 0 Å². The molecule has 0 aliphatic rings. The van der Waals surface area contributed by atoms with Gasteiger partial charge in [0.25, 0.3) is 0 Å². The number of nitrogens with two attached hydrogens (primary N) is 1. The second-order valence-electron chi connectivity index (χ2n) is 4.88. The van der Waals surface area contributed by atoms with Gasteiger partial charge in [0, 0.05) is 11.0 Å². The lowest BCUT2D eigenvalue weighted by Gasteiger charge is -2.18. The smallest absolute Gasteiger partial charge is 0.306 e. The number of hydrogen-bond donors (Lipinski definition) is 1. The van der Waals surface area contributed by atoms with Crippen molar-refractivity contribution in [3.05, 3.63) is 34.3 Å². The zero-order valence-electron chi connectivity index (χ0n) is 11.5. The van der Waals surface area contributed by atoms with E-state index in [4.69, 9.17) is 5.73 Å². The van der Waals surface area contributed by atoms with Crippen LogP contribution in [0.2, 0.25) is 0 Å². The first-order chi connectivity index (χ1) is 8.31. The first kappa shape index (κ1) is 17.1. The molecule has 0 atom stereocenters. The molecule has 0 saturated heterocycles. The van der Waals surface area contributed by atoms with Crippen molar-refractivity contribution in [2.75, 3.05) is 13.7 Å². The molecule has 1 rings (SSSR count). The van der Waals surface area contributed by atoms with Crippen molar-refractivity contribution in [3.63, 3.8) is 0 Å².